The fourth-order valence-electron chi connectivity index (χ4n) is 1.13. The van der Waals surface area contributed by atoms with Crippen molar-refractivity contribution in [3.05, 3.63) is 0 Å². The summed E-state index contributed by atoms with van der Waals surface area (Å²) in [6, 6.07) is 0.536. The second-order valence-corrected chi connectivity index (χ2v) is 2.40. The van der Waals surface area contributed by atoms with Crippen molar-refractivity contribution < 1.29 is 20.1 Å². The van der Waals surface area contributed by atoms with Crippen LogP contribution in [-0.4, -0.2) is 6.04 Å². The van der Waals surface area contributed by atoms with E-state index in [4.69, 9.17) is 5.73 Å². The van der Waals surface area contributed by atoms with Crippen LogP contribution in [0.25, 0.3) is 0 Å². The molecule has 59 valence electrons. The van der Waals surface area contributed by atoms with Crippen molar-refractivity contribution in [1.29, 1.82) is 0 Å². The van der Waals surface area contributed by atoms with Crippen molar-refractivity contribution >= 4 is 0 Å². The van der Waals surface area contributed by atoms with E-state index in [0.29, 0.717) is 6.04 Å². The van der Waals surface area contributed by atoms with E-state index >= 15 is 0 Å². The van der Waals surface area contributed by atoms with Gasteiger partial charge >= 0.3 is 24.4 Å². The molecule has 1 saturated carbocycles. The van der Waals surface area contributed by atoms with Crippen molar-refractivity contribution in [1.82, 2.24) is 0 Å². The van der Waals surface area contributed by atoms with Crippen LogP contribution in [0, 0.1) is 0 Å². The fourth-order valence-corrected chi connectivity index (χ4v) is 1.13. The van der Waals surface area contributed by atoms with Crippen molar-refractivity contribution in [2.45, 2.75) is 38.1 Å². The van der Waals surface area contributed by atoms with E-state index in [-0.39, 0.29) is 0 Å². The Labute approximate surface area is 68.6 Å². The third-order valence-electron chi connectivity index (χ3n) is 1.65. The Morgan fingerprint density at radius 2 is 1.44 bits per heavy atom. The molecule has 9 heavy (non-hydrogen) atoms. The first-order valence-corrected chi connectivity index (χ1v) is 4.64. The molecule has 1 aliphatic rings. The molecule has 0 amide bonds. The third kappa shape index (κ3) is 5.07. The summed E-state index contributed by atoms with van der Waals surface area (Å²) in [7, 11) is 0. The molecule has 2 nitrogen and oxygen atoms in total. The predicted octanol–water partition coefficient (Wildman–Crippen LogP) is 0.685. The van der Waals surface area contributed by atoms with Crippen LogP contribution in [0.2, 0.25) is 0 Å². The SMILES string of the molecule is NC1CCCCC1.[NH2][Pt]. The number of rotatable bonds is 0. The van der Waals surface area contributed by atoms with Gasteiger partial charge in [-0.1, -0.05) is 19.3 Å². The zero-order chi connectivity index (χ0) is 7.11. The number of hydrogen-bond acceptors (Lipinski definition) is 2. The van der Waals surface area contributed by atoms with Gasteiger partial charge in [-0.25, -0.2) is 0 Å². The molecule has 0 aromatic carbocycles. The van der Waals surface area contributed by atoms with E-state index in [1.54, 1.807) is 20.1 Å². The molecule has 0 heterocycles. The molecule has 0 aromatic heterocycles. The minimum absolute atomic E-state index is 0.536. The van der Waals surface area contributed by atoms with Crippen LogP contribution in [-0.2, 0) is 20.1 Å². The monoisotopic (exact) mass is 310 g/mol. The first-order chi connectivity index (χ1) is 4.39. The molecule has 3 heteroatoms. The summed E-state index contributed by atoms with van der Waals surface area (Å²) in [4.78, 5) is 0. The summed E-state index contributed by atoms with van der Waals surface area (Å²) in [5, 5.41) is 0. The van der Waals surface area contributed by atoms with Crippen LogP contribution in [0.1, 0.15) is 32.1 Å². The van der Waals surface area contributed by atoms with Crippen LogP contribution < -0.4 is 10.0 Å². The molecule has 0 spiro atoms. The zero-order valence-corrected chi connectivity index (χ0v) is 7.86. The Kier molecular flexibility index (Phi) is 7.18. The van der Waals surface area contributed by atoms with Crippen molar-refractivity contribution in [3.8, 4) is 0 Å². The van der Waals surface area contributed by atoms with Crippen LogP contribution in [0.4, 0.5) is 0 Å². The quantitative estimate of drug-likeness (QED) is 0.691. The van der Waals surface area contributed by atoms with Crippen LogP contribution in [0.5, 0.6) is 0 Å². The van der Waals surface area contributed by atoms with Gasteiger partial charge in [0.2, 0.25) is 0 Å². The summed E-state index contributed by atoms with van der Waals surface area (Å²) in [6.45, 7) is 0. The van der Waals surface area contributed by atoms with Crippen LogP contribution >= 0.6 is 0 Å². The molecule has 0 saturated heterocycles. The molecule has 0 atom stereocenters. The molecule has 0 aliphatic heterocycles. The summed E-state index contributed by atoms with van der Waals surface area (Å²) < 4.78 is 4.47. The average Bonchev–Trinajstić information content (AvgIpc) is 1.94. The second kappa shape index (κ2) is 6.72. The van der Waals surface area contributed by atoms with E-state index in [9.17, 15) is 0 Å². The van der Waals surface area contributed by atoms with Gasteiger partial charge in [0.05, 0.1) is 0 Å². The Morgan fingerprint density at radius 3 is 1.67 bits per heavy atom. The van der Waals surface area contributed by atoms with Gasteiger partial charge in [-0.05, 0) is 12.8 Å². The van der Waals surface area contributed by atoms with Gasteiger partial charge in [0.25, 0.3) is 0 Å². The molecule has 1 fully saturated rings. The zero-order valence-electron chi connectivity index (χ0n) is 5.58. The Balaban J connectivity index is 0.000000291. The topological polar surface area (TPSA) is 52.0 Å². The summed E-state index contributed by atoms with van der Waals surface area (Å²) in [6.07, 6.45) is 6.66. The van der Waals surface area contributed by atoms with E-state index < -0.39 is 0 Å². The third-order valence-corrected chi connectivity index (χ3v) is 1.65. The van der Waals surface area contributed by atoms with Crippen LogP contribution in [0.3, 0.4) is 0 Å². The molecule has 0 radical (unpaired) electrons. The molecule has 1 aliphatic carbocycles. The fraction of sp³-hybridized carbons (Fsp3) is 1.00. The van der Waals surface area contributed by atoms with Gasteiger partial charge in [-0.2, -0.15) is 0 Å². The number of nitrogens with two attached hydrogens (primary N) is 2. The van der Waals surface area contributed by atoms with Gasteiger partial charge in [0.15, 0.2) is 0 Å². The first-order valence-electron chi connectivity index (χ1n) is 3.33. The molecular weight excluding hydrogens is 295 g/mol. The maximum absolute atomic E-state index is 5.63. The summed E-state index contributed by atoms with van der Waals surface area (Å²) >= 11 is 1.64. The summed E-state index contributed by atoms with van der Waals surface area (Å²) in [5.74, 6) is 0. The Hall–Kier alpha value is 0.608. The van der Waals surface area contributed by atoms with E-state index in [0.717, 1.165) is 0 Å². The molecule has 4 N–H and O–H groups in total. The maximum atomic E-state index is 5.63. The Morgan fingerprint density at radius 1 is 1.00 bits per heavy atom. The van der Waals surface area contributed by atoms with Crippen LogP contribution in [0.15, 0.2) is 0 Å². The molecule has 0 bridgehead atoms. The van der Waals surface area contributed by atoms with E-state index in [2.05, 4.69) is 4.29 Å². The Bertz CT molecular complexity index is 53.0. The van der Waals surface area contributed by atoms with Crippen molar-refractivity contribution in [2.75, 3.05) is 0 Å². The average molecular weight is 310 g/mol. The normalized spacial score (nSPS) is 20.4. The van der Waals surface area contributed by atoms with Gasteiger partial charge in [0, 0.05) is 6.04 Å². The van der Waals surface area contributed by atoms with Gasteiger partial charge in [-0.15, -0.1) is 0 Å². The van der Waals surface area contributed by atoms with E-state index in [1.807, 2.05) is 0 Å². The van der Waals surface area contributed by atoms with Gasteiger partial charge in [0.1, 0.15) is 0 Å². The minimum atomic E-state index is 0.536. The predicted molar refractivity (Wildman–Crippen MR) is 35.2 cm³/mol. The molecular formula is C6H15N2Pt. The van der Waals surface area contributed by atoms with Crippen molar-refractivity contribution in [2.24, 2.45) is 10.0 Å². The van der Waals surface area contributed by atoms with Gasteiger partial charge in [-0.3, -0.25) is 0 Å². The van der Waals surface area contributed by atoms with Crippen molar-refractivity contribution in [3.63, 3.8) is 0 Å². The van der Waals surface area contributed by atoms with Gasteiger partial charge < -0.3 is 5.73 Å². The molecule has 0 unspecified atom stereocenters. The first kappa shape index (κ1) is 9.61. The summed E-state index contributed by atoms with van der Waals surface area (Å²) in [5.41, 5.74) is 5.63. The standard InChI is InChI=1S/C6H13N.H2N.Pt/c7-6-4-2-1-3-5-6;;/h6H,1-5,7H2;1H2;/q;-1;+1. The van der Waals surface area contributed by atoms with E-state index in [1.165, 1.54) is 32.1 Å². The second-order valence-electron chi connectivity index (χ2n) is 2.40. The molecule has 1 rings (SSSR count). The molecule has 0 aromatic rings. The number of hydrogen-bond donors (Lipinski definition) is 2.